The lowest BCUT2D eigenvalue weighted by Gasteiger charge is -2.11. The Morgan fingerprint density at radius 1 is 0.500 bits per heavy atom. The monoisotopic (exact) mass is 344 g/mol. The molecular weight excluding hydrogens is 300 g/mol. The van der Waals surface area contributed by atoms with Crippen LogP contribution in [0.3, 0.4) is 0 Å². The van der Waals surface area contributed by atoms with E-state index in [4.69, 9.17) is 5.11 Å². The number of rotatable bonds is 19. The van der Waals surface area contributed by atoms with E-state index < -0.39 is 0 Å². The molecule has 3 nitrogen and oxygen atoms in total. The highest BCUT2D eigenvalue weighted by molar-refractivity contribution is 4.59. The normalized spacial score (nSPS) is 14.0. The van der Waals surface area contributed by atoms with Crippen molar-refractivity contribution in [3.63, 3.8) is 0 Å². The molecule has 0 saturated heterocycles. The van der Waals surface area contributed by atoms with Crippen LogP contribution in [0.15, 0.2) is 0 Å². The van der Waals surface area contributed by atoms with Crippen LogP contribution in [0.2, 0.25) is 0 Å². The first-order chi connectivity index (χ1) is 11.7. The lowest BCUT2D eigenvalue weighted by atomic mass is 10.0. The van der Waals surface area contributed by atoms with Crippen molar-refractivity contribution in [3.05, 3.63) is 0 Å². The van der Waals surface area contributed by atoms with E-state index in [1.54, 1.807) is 0 Å². The van der Waals surface area contributed by atoms with Crippen molar-refractivity contribution in [3.8, 4) is 0 Å². The molecule has 0 fully saturated rings. The van der Waals surface area contributed by atoms with E-state index in [2.05, 4.69) is 6.92 Å². The van der Waals surface area contributed by atoms with Crippen molar-refractivity contribution in [2.75, 3.05) is 6.61 Å². The average molecular weight is 345 g/mol. The predicted molar refractivity (Wildman–Crippen MR) is 103 cm³/mol. The summed E-state index contributed by atoms with van der Waals surface area (Å²) in [5.41, 5.74) is 0. The minimum Gasteiger partial charge on any atom is -0.396 e. The van der Waals surface area contributed by atoms with Gasteiger partial charge >= 0.3 is 0 Å². The summed E-state index contributed by atoms with van der Waals surface area (Å²) in [7, 11) is 0. The SMILES string of the molecule is CCCCCCCCC(O)CCCCCCCC(O)CCCCO. The Balaban J connectivity index is 3.22. The summed E-state index contributed by atoms with van der Waals surface area (Å²) >= 11 is 0. The molecule has 0 aromatic carbocycles. The van der Waals surface area contributed by atoms with Gasteiger partial charge in [-0.15, -0.1) is 0 Å². The number of unbranched alkanes of at least 4 members (excludes halogenated alkanes) is 10. The Morgan fingerprint density at radius 2 is 0.833 bits per heavy atom. The van der Waals surface area contributed by atoms with Gasteiger partial charge in [0.05, 0.1) is 12.2 Å². The van der Waals surface area contributed by atoms with Gasteiger partial charge in [-0.3, -0.25) is 0 Å². The van der Waals surface area contributed by atoms with Gasteiger partial charge < -0.3 is 15.3 Å². The van der Waals surface area contributed by atoms with Crippen LogP contribution < -0.4 is 0 Å². The van der Waals surface area contributed by atoms with Crippen LogP contribution in [0.1, 0.15) is 116 Å². The van der Waals surface area contributed by atoms with Crippen molar-refractivity contribution >= 4 is 0 Å². The highest BCUT2D eigenvalue weighted by atomic mass is 16.3. The zero-order chi connectivity index (χ0) is 17.9. The molecule has 2 atom stereocenters. The molecule has 0 spiro atoms. The number of hydrogen-bond acceptors (Lipinski definition) is 3. The van der Waals surface area contributed by atoms with Gasteiger partial charge in [0.2, 0.25) is 0 Å². The van der Waals surface area contributed by atoms with E-state index >= 15 is 0 Å². The largest absolute Gasteiger partial charge is 0.396 e. The Hall–Kier alpha value is -0.120. The second kappa shape index (κ2) is 19.2. The molecule has 3 N–H and O–H groups in total. The van der Waals surface area contributed by atoms with Gasteiger partial charge in [-0.1, -0.05) is 77.6 Å². The van der Waals surface area contributed by atoms with E-state index in [-0.39, 0.29) is 18.8 Å². The van der Waals surface area contributed by atoms with Crippen LogP contribution in [0, 0.1) is 0 Å². The van der Waals surface area contributed by atoms with E-state index in [1.807, 2.05) is 0 Å². The van der Waals surface area contributed by atoms with Crippen LogP contribution in [-0.4, -0.2) is 34.1 Å². The van der Waals surface area contributed by atoms with Crippen LogP contribution in [0.4, 0.5) is 0 Å². The van der Waals surface area contributed by atoms with Crippen molar-refractivity contribution in [1.82, 2.24) is 0 Å². The van der Waals surface area contributed by atoms with Gasteiger partial charge in [0.15, 0.2) is 0 Å². The molecule has 24 heavy (non-hydrogen) atoms. The summed E-state index contributed by atoms with van der Waals surface area (Å²) in [5.74, 6) is 0. The minimum atomic E-state index is -0.185. The third-order valence-electron chi connectivity index (χ3n) is 4.91. The molecule has 3 heteroatoms. The maximum atomic E-state index is 9.98. The molecule has 0 aromatic rings. The van der Waals surface area contributed by atoms with Crippen molar-refractivity contribution in [2.24, 2.45) is 0 Å². The first-order valence-corrected chi connectivity index (χ1v) is 10.7. The van der Waals surface area contributed by atoms with E-state index in [1.165, 1.54) is 57.8 Å². The summed E-state index contributed by atoms with van der Waals surface area (Å²) in [5, 5.41) is 28.5. The van der Waals surface area contributed by atoms with Crippen LogP contribution >= 0.6 is 0 Å². The van der Waals surface area contributed by atoms with Crippen molar-refractivity contribution in [1.29, 1.82) is 0 Å². The van der Waals surface area contributed by atoms with Crippen LogP contribution in [-0.2, 0) is 0 Å². The smallest absolute Gasteiger partial charge is 0.0540 e. The van der Waals surface area contributed by atoms with Crippen LogP contribution in [0.5, 0.6) is 0 Å². The number of hydrogen-bond donors (Lipinski definition) is 3. The van der Waals surface area contributed by atoms with E-state index in [0.29, 0.717) is 0 Å². The molecule has 146 valence electrons. The predicted octanol–water partition coefficient (Wildman–Crippen LogP) is 5.35. The van der Waals surface area contributed by atoms with Gasteiger partial charge in [-0.25, -0.2) is 0 Å². The molecule has 0 bridgehead atoms. The fourth-order valence-electron chi connectivity index (χ4n) is 3.23. The summed E-state index contributed by atoms with van der Waals surface area (Å²) in [4.78, 5) is 0. The Bertz CT molecular complexity index is 233. The zero-order valence-corrected chi connectivity index (χ0v) is 16.2. The quantitative estimate of drug-likeness (QED) is 0.277. The molecule has 2 unspecified atom stereocenters. The second-order valence-electron chi connectivity index (χ2n) is 7.43. The Labute approximate surface area is 150 Å². The molecular formula is C21H44O3. The van der Waals surface area contributed by atoms with Gasteiger partial charge in [0.25, 0.3) is 0 Å². The fraction of sp³-hybridized carbons (Fsp3) is 1.00. The summed E-state index contributed by atoms with van der Waals surface area (Å²) < 4.78 is 0. The molecule has 0 aliphatic rings. The number of aliphatic hydroxyl groups excluding tert-OH is 3. The second-order valence-corrected chi connectivity index (χ2v) is 7.43. The fourth-order valence-corrected chi connectivity index (χ4v) is 3.23. The summed E-state index contributed by atoms with van der Waals surface area (Å²) in [6.45, 7) is 2.47. The minimum absolute atomic E-state index is 0.0930. The van der Waals surface area contributed by atoms with Crippen LogP contribution in [0.25, 0.3) is 0 Å². The van der Waals surface area contributed by atoms with E-state index in [0.717, 1.165) is 51.4 Å². The Morgan fingerprint density at radius 3 is 1.21 bits per heavy atom. The topological polar surface area (TPSA) is 60.7 Å². The van der Waals surface area contributed by atoms with E-state index in [9.17, 15) is 10.2 Å². The van der Waals surface area contributed by atoms with Gasteiger partial charge in [-0.05, 0) is 38.5 Å². The Kier molecular flexibility index (Phi) is 19.1. The van der Waals surface area contributed by atoms with Crippen molar-refractivity contribution in [2.45, 2.75) is 128 Å². The highest BCUT2D eigenvalue weighted by Gasteiger charge is 2.05. The summed E-state index contributed by atoms with van der Waals surface area (Å²) in [6.07, 6.45) is 18.7. The lowest BCUT2D eigenvalue weighted by molar-refractivity contribution is 0.143. The molecule has 0 aromatic heterocycles. The summed E-state index contributed by atoms with van der Waals surface area (Å²) in [6, 6.07) is 0. The number of aliphatic hydroxyl groups is 3. The highest BCUT2D eigenvalue weighted by Crippen LogP contribution is 2.15. The van der Waals surface area contributed by atoms with Gasteiger partial charge in [0.1, 0.15) is 0 Å². The molecule has 0 rings (SSSR count). The standard InChI is InChI=1S/C21H44O3/c1-2-3-4-5-7-10-15-20(23)16-11-8-6-9-12-17-21(24)18-13-14-19-22/h20-24H,2-19H2,1H3. The maximum absolute atomic E-state index is 9.98. The maximum Gasteiger partial charge on any atom is 0.0540 e. The molecule has 0 amide bonds. The molecule has 0 heterocycles. The molecule has 0 saturated carbocycles. The average Bonchev–Trinajstić information content (AvgIpc) is 2.57. The van der Waals surface area contributed by atoms with Gasteiger partial charge in [-0.2, -0.15) is 0 Å². The zero-order valence-electron chi connectivity index (χ0n) is 16.2. The molecule has 0 aliphatic heterocycles. The molecule has 0 radical (unpaired) electrons. The molecule has 0 aliphatic carbocycles. The third kappa shape index (κ3) is 18.2. The third-order valence-corrected chi connectivity index (χ3v) is 4.91. The first kappa shape index (κ1) is 23.9. The van der Waals surface area contributed by atoms with Gasteiger partial charge in [0, 0.05) is 6.61 Å². The lowest BCUT2D eigenvalue weighted by Crippen LogP contribution is -2.07. The first-order valence-electron chi connectivity index (χ1n) is 10.7. The van der Waals surface area contributed by atoms with Crippen molar-refractivity contribution < 1.29 is 15.3 Å².